The van der Waals surface area contributed by atoms with E-state index < -0.39 is 0 Å². The van der Waals surface area contributed by atoms with Crippen LogP contribution < -0.4 is 25.2 Å². The molecule has 2 aromatic heterocycles. The van der Waals surface area contributed by atoms with E-state index in [1.807, 2.05) is 10.6 Å². The predicted octanol–water partition coefficient (Wildman–Crippen LogP) is 2.49. The van der Waals surface area contributed by atoms with Crippen LogP contribution in [-0.2, 0) is 13.1 Å². The van der Waals surface area contributed by atoms with E-state index in [4.69, 9.17) is 9.47 Å². The van der Waals surface area contributed by atoms with Crippen LogP contribution in [-0.4, -0.2) is 67.4 Å². The summed E-state index contributed by atoms with van der Waals surface area (Å²) in [5.41, 5.74) is 4.06. The topological polar surface area (TPSA) is 71.9 Å². The zero-order valence-corrected chi connectivity index (χ0v) is 20.0. The maximum absolute atomic E-state index is 12.5. The molecule has 2 aliphatic rings. The molecule has 0 saturated carbocycles. The molecule has 0 bridgehead atoms. The summed E-state index contributed by atoms with van der Waals surface area (Å²) in [6.07, 6.45) is 3.89. The van der Waals surface area contributed by atoms with Crippen LogP contribution in [0.15, 0.2) is 47.4 Å². The van der Waals surface area contributed by atoms with Gasteiger partial charge in [-0.3, -0.25) is 9.78 Å². The lowest BCUT2D eigenvalue weighted by Gasteiger charge is -2.33. The van der Waals surface area contributed by atoms with Crippen molar-refractivity contribution >= 4 is 16.7 Å². The third-order valence-corrected chi connectivity index (χ3v) is 6.99. The number of rotatable bonds is 7. The largest absolute Gasteiger partial charge is 0.495 e. The number of fused-ring (bicyclic) bond motifs is 2. The molecule has 1 aromatic carbocycles. The fraction of sp³-hybridized carbons (Fsp3) is 0.462. The van der Waals surface area contributed by atoms with E-state index in [2.05, 4.69) is 45.3 Å². The Morgan fingerprint density at radius 3 is 2.79 bits per heavy atom. The lowest BCUT2D eigenvalue weighted by Crippen LogP contribution is -2.43. The van der Waals surface area contributed by atoms with Gasteiger partial charge in [-0.15, -0.1) is 0 Å². The van der Waals surface area contributed by atoms with E-state index in [0.29, 0.717) is 18.3 Å². The number of aromatic nitrogens is 2. The number of nitrogens with zero attached hydrogens (tertiary/aromatic N) is 4. The van der Waals surface area contributed by atoms with Crippen molar-refractivity contribution in [2.75, 3.05) is 51.8 Å². The Morgan fingerprint density at radius 1 is 1.12 bits per heavy atom. The molecule has 180 valence electrons. The molecule has 0 aliphatic carbocycles. The minimum absolute atomic E-state index is 0.000622. The fourth-order valence-electron chi connectivity index (χ4n) is 4.87. The van der Waals surface area contributed by atoms with Gasteiger partial charge in [-0.2, -0.15) is 0 Å². The number of benzene rings is 1. The van der Waals surface area contributed by atoms with Gasteiger partial charge in [0, 0.05) is 44.9 Å². The minimum Gasteiger partial charge on any atom is -0.495 e. The van der Waals surface area contributed by atoms with Crippen molar-refractivity contribution in [1.82, 2.24) is 19.8 Å². The van der Waals surface area contributed by atoms with Gasteiger partial charge in [-0.1, -0.05) is 6.07 Å². The molecule has 2 aliphatic heterocycles. The number of piperidine rings is 1. The SMILES string of the molecule is COc1cnc2ccc(=O)n(CCN3CCC(NCc4ccc5c(c4)OCCN5C)CC3)c2c1. The lowest BCUT2D eigenvalue weighted by molar-refractivity contribution is 0.191. The maximum atomic E-state index is 12.5. The first-order valence-corrected chi connectivity index (χ1v) is 12.1. The highest BCUT2D eigenvalue weighted by atomic mass is 16.5. The van der Waals surface area contributed by atoms with Crippen molar-refractivity contribution in [2.45, 2.75) is 32.0 Å². The fourth-order valence-corrected chi connectivity index (χ4v) is 4.87. The molecule has 0 unspecified atom stereocenters. The summed E-state index contributed by atoms with van der Waals surface area (Å²) in [6.45, 7) is 6.07. The Hall–Kier alpha value is -3.10. The Balaban J connectivity index is 1.13. The van der Waals surface area contributed by atoms with Crippen LogP contribution in [0.25, 0.3) is 11.0 Å². The number of pyridine rings is 2. The number of ether oxygens (including phenoxy) is 2. The van der Waals surface area contributed by atoms with Crippen molar-refractivity contribution in [3.05, 3.63) is 58.5 Å². The van der Waals surface area contributed by atoms with Crippen molar-refractivity contribution in [1.29, 1.82) is 0 Å². The normalized spacial score (nSPS) is 16.9. The van der Waals surface area contributed by atoms with Gasteiger partial charge >= 0.3 is 0 Å². The molecular weight excluding hydrogens is 430 g/mol. The van der Waals surface area contributed by atoms with Crippen LogP contribution in [0, 0.1) is 0 Å². The van der Waals surface area contributed by atoms with Gasteiger partial charge < -0.3 is 29.2 Å². The first kappa shape index (κ1) is 22.7. The molecule has 8 heteroatoms. The molecule has 4 heterocycles. The summed E-state index contributed by atoms with van der Waals surface area (Å²) >= 11 is 0. The quantitative estimate of drug-likeness (QED) is 0.577. The molecule has 0 atom stereocenters. The standard InChI is InChI=1S/C26H33N5O3/c1-29-13-14-34-25-15-19(3-5-23(25)29)17-27-20-7-9-30(10-8-20)11-12-31-24-16-21(33-2)18-28-22(24)4-6-26(31)32/h3-6,15-16,18,20,27H,7-14,17H2,1-2H3. The summed E-state index contributed by atoms with van der Waals surface area (Å²) in [4.78, 5) is 21.6. The molecule has 0 spiro atoms. The molecule has 5 rings (SSSR count). The lowest BCUT2D eigenvalue weighted by atomic mass is 10.0. The monoisotopic (exact) mass is 463 g/mol. The van der Waals surface area contributed by atoms with Gasteiger partial charge in [0.1, 0.15) is 18.1 Å². The predicted molar refractivity (Wildman–Crippen MR) is 134 cm³/mol. The second-order valence-corrected chi connectivity index (χ2v) is 9.17. The Labute approximate surface area is 200 Å². The van der Waals surface area contributed by atoms with Crippen molar-refractivity contribution in [2.24, 2.45) is 0 Å². The molecule has 1 saturated heterocycles. The van der Waals surface area contributed by atoms with Gasteiger partial charge in [0.25, 0.3) is 5.56 Å². The third kappa shape index (κ3) is 4.88. The van der Waals surface area contributed by atoms with Crippen LogP contribution in [0.2, 0.25) is 0 Å². The molecule has 0 radical (unpaired) electrons. The van der Waals surface area contributed by atoms with Crippen molar-refractivity contribution < 1.29 is 9.47 Å². The zero-order chi connectivity index (χ0) is 23.5. The van der Waals surface area contributed by atoms with E-state index in [9.17, 15) is 4.79 Å². The third-order valence-electron chi connectivity index (χ3n) is 6.99. The Kier molecular flexibility index (Phi) is 6.69. The number of anilines is 1. The van der Waals surface area contributed by atoms with E-state index >= 15 is 0 Å². The number of hydrogen-bond donors (Lipinski definition) is 1. The second kappa shape index (κ2) is 10.0. The van der Waals surface area contributed by atoms with Gasteiger partial charge in [0.2, 0.25) is 0 Å². The second-order valence-electron chi connectivity index (χ2n) is 9.17. The number of likely N-dealkylation sites (N-methyl/N-ethyl adjacent to an activating group) is 1. The van der Waals surface area contributed by atoms with E-state index in [1.54, 1.807) is 25.4 Å². The molecule has 1 fully saturated rings. The Bertz CT molecular complexity index is 1200. The number of methoxy groups -OCH3 is 1. The molecule has 34 heavy (non-hydrogen) atoms. The summed E-state index contributed by atoms with van der Waals surface area (Å²) in [6, 6.07) is 12.3. The maximum Gasteiger partial charge on any atom is 0.251 e. The zero-order valence-electron chi connectivity index (χ0n) is 20.0. The number of hydrogen-bond acceptors (Lipinski definition) is 7. The highest BCUT2D eigenvalue weighted by molar-refractivity contribution is 5.75. The summed E-state index contributed by atoms with van der Waals surface area (Å²) in [5, 5.41) is 3.72. The van der Waals surface area contributed by atoms with Crippen LogP contribution in [0.3, 0.4) is 0 Å². The van der Waals surface area contributed by atoms with Crippen LogP contribution in [0.4, 0.5) is 5.69 Å². The molecular formula is C26H33N5O3. The van der Waals surface area contributed by atoms with E-state index in [-0.39, 0.29) is 5.56 Å². The van der Waals surface area contributed by atoms with Crippen LogP contribution >= 0.6 is 0 Å². The summed E-state index contributed by atoms with van der Waals surface area (Å²) in [5.74, 6) is 1.65. The van der Waals surface area contributed by atoms with Crippen LogP contribution in [0.1, 0.15) is 18.4 Å². The van der Waals surface area contributed by atoms with E-state index in [1.165, 1.54) is 11.3 Å². The average Bonchev–Trinajstić information content (AvgIpc) is 2.87. The first-order chi connectivity index (χ1) is 16.6. The molecule has 8 nitrogen and oxygen atoms in total. The molecule has 1 N–H and O–H groups in total. The highest BCUT2D eigenvalue weighted by Gasteiger charge is 2.20. The van der Waals surface area contributed by atoms with Crippen LogP contribution in [0.5, 0.6) is 11.5 Å². The van der Waals surface area contributed by atoms with Gasteiger partial charge in [-0.05, 0) is 49.7 Å². The summed E-state index contributed by atoms with van der Waals surface area (Å²) < 4.78 is 13.0. The van der Waals surface area contributed by atoms with Gasteiger partial charge in [-0.25, -0.2) is 0 Å². The highest BCUT2D eigenvalue weighted by Crippen LogP contribution is 2.31. The Morgan fingerprint density at radius 2 is 1.97 bits per heavy atom. The van der Waals surface area contributed by atoms with Gasteiger partial charge in [0.05, 0.1) is 36.6 Å². The molecule has 3 aromatic rings. The van der Waals surface area contributed by atoms with E-state index in [0.717, 1.165) is 69.0 Å². The van der Waals surface area contributed by atoms with Crippen molar-refractivity contribution in [3.63, 3.8) is 0 Å². The minimum atomic E-state index is -0.000622. The number of likely N-dealkylation sites (tertiary alicyclic amines) is 1. The average molecular weight is 464 g/mol. The van der Waals surface area contributed by atoms with Gasteiger partial charge in [0.15, 0.2) is 0 Å². The first-order valence-electron chi connectivity index (χ1n) is 12.1. The van der Waals surface area contributed by atoms with Crippen molar-refractivity contribution in [3.8, 4) is 11.5 Å². The number of nitrogens with one attached hydrogen (secondary N) is 1. The smallest absolute Gasteiger partial charge is 0.251 e. The summed E-state index contributed by atoms with van der Waals surface area (Å²) in [7, 11) is 3.72. The molecule has 0 amide bonds.